The lowest BCUT2D eigenvalue weighted by molar-refractivity contribution is 0.254. The zero-order valence-electron chi connectivity index (χ0n) is 12.9. The standard InChI is InChI=1S/C20H25N/c1-2-16-7-9-17(10-8-16)13-20(15-21)12-11-18-5-3-4-6-19(18)14-20/h3-10H,2,11-15,21H2,1H3. The summed E-state index contributed by atoms with van der Waals surface area (Å²) < 4.78 is 0. The molecule has 0 saturated carbocycles. The van der Waals surface area contributed by atoms with E-state index in [1.54, 1.807) is 0 Å². The third-order valence-corrected chi connectivity index (χ3v) is 5.05. The van der Waals surface area contributed by atoms with E-state index in [1.165, 1.54) is 35.1 Å². The molecule has 0 spiro atoms. The highest BCUT2D eigenvalue weighted by Crippen LogP contribution is 2.37. The molecule has 1 aliphatic carbocycles. The summed E-state index contributed by atoms with van der Waals surface area (Å²) in [5, 5.41) is 0. The number of hydrogen-bond acceptors (Lipinski definition) is 1. The molecule has 21 heavy (non-hydrogen) atoms. The fourth-order valence-electron chi connectivity index (χ4n) is 3.59. The molecule has 0 radical (unpaired) electrons. The van der Waals surface area contributed by atoms with Crippen LogP contribution in [0.25, 0.3) is 0 Å². The van der Waals surface area contributed by atoms with Crippen molar-refractivity contribution in [3.05, 3.63) is 70.8 Å². The molecular formula is C20H25N. The van der Waals surface area contributed by atoms with Crippen LogP contribution in [0.3, 0.4) is 0 Å². The van der Waals surface area contributed by atoms with Crippen molar-refractivity contribution in [1.82, 2.24) is 0 Å². The zero-order chi connectivity index (χ0) is 14.7. The minimum absolute atomic E-state index is 0.238. The number of nitrogens with two attached hydrogens (primary N) is 1. The second-order valence-corrected chi connectivity index (χ2v) is 6.50. The van der Waals surface area contributed by atoms with Crippen LogP contribution in [-0.4, -0.2) is 6.54 Å². The molecule has 1 unspecified atom stereocenters. The van der Waals surface area contributed by atoms with Crippen LogP contribution >= 0.6 is 0 Å². The number of fused-ring (bicyclic) bond motifs is 1. The SMILES string of the molecule is CCc1ccc(CC2(CN)CCc3ccccc3C2)cc1. The molecule has 2 aromatic carbocycles. The van der Waals surface area contributed by atoms with E-state index < -0.39 is 0 Å². The first kappa shape index (κ1) is 14.3. The molecule has 3 rings (SSSR count). The van der Waals surface area contributed by atoms with Crippen molar-refractivity contribution in [3.63, 3.8) is 0 Å². The Morgan fingerprint density at radius 1 is 0.952 bits per heavy atom. The van der Waals surface area contributed by atoms with E-state index in [-0.39, 0.29) is 5.41 Å². The zero-order valence-corrected chi connectivity index (χ0v) is 12.9. The Morgan fingerprint density at radius 2 is 1.62 bits per heavy atom. The van der Waals surface area contributed by atoms with Gasteiger partial charge < -0.3 is 5.73 Å². The van der Waals surface area contributed by atoms with E-state index >= 15 is 0 Å². The summed E-state index contributed by atoms with van der Waals surface area (Å²) in [5.74, 6) is 0. The number of aryl methyl sites for hydroxylation is 2. The first-order chi connectivity index (χ1) is 10.2. The maximum atomic E-state index is 6.20. The van der Waals surface area contributed by atoms with Crippen LogP contribution in [0, 0.1) is 5.41 Å². The van der Waals surface area contributed by atoms with E-state index in [1.807, 2.05) is 0 Å². The topological polar surface area (TPSA) is 26.0 Å². The molecule has 0 fully saturated rings. The summed E-state index contributed by atoms with van der Waals surface area (Å²) >= 11 is 0. The lowest BCUT2D eigenvalue weighted by Gasteiger charge is -2.37. The molecule has 0 aliphatic heterocycles. The van der Waals surface area contributed by atoms with Gasteiger partial charge in [0.2, 0.25) is 0 Å². The predicted molar refractivity (Wildman–Crippen MR) is 89.5 cm³/mol. The summed E-state index contributed by atoms with van der Waals surface area (Å²) in [6.45, 7) is 2.98. The average molecular weight is 279 g/mol. The smallest absolute Gasteiger partial charge is 0.00140 e. The minimum Gasteiger partial charge on any atom is -0.330 e. The van der Waals surface area contributed by atoms with Gasteiger partial charge in [-0.25, -0.2) is 0 Å². The average Bonchev–Trinajstić information content (AvgIpc) is 2.55. The van der Waals surface area contributed by atoms with Gasteiger partial charge in [0.25, 0.3) is 0 Å². The van der Waals surface area contributed by atoms with Crippen LogP contribution in [-0.2, 0) is 25.7 Å². The van der Waals surface area contributed by atoms with E-state index in [9.17, 15) is 0 Å². The molecule has 0 bridgehead atoms. The molecule has 0 amide bonds. The third-order valence-electron chi connectivity index (χ3n) is 5.05. The van der Waals surface area contributed by atoms with Gasteiger partial charge >= 0.3 is 0 Å². The van der Waals surface area contributed by atoms with Crippen LogP contribution < -0.4 is 5.73 Å². The number of rotatable bonds is 4. The van der Waals surface area contributed by atoms with Gasteiger partial charge in [-0.05, 0) is 66.3 Å². The highest BCUT2D eigenvalue weighted by Gasteiger charge is 2.33. The van der Waals surface area contributed by atoms with Gasteiger partial charge in [0.15, 0.2) is 0 Å². The maximum Gasteiger partial charge on any atom is -0.00140 e. The van der Waals surface area contributed by atoms with E-state index in [4.69, 9.17) is 5.73 Å². The molecule has 2 aromatic rings. The second kappa shape index (κ2) is 6.03. The lowest BCUT2D eigenvalue weighted by Crippen LogP contribution is -2.38. The fraction of sp³-hybridized carbons (Fsp3) is 0.400. The van der Waals surface area contributed by atoms with Crippen molar-refractivity contribution in [2.45, 2.75) is 39.0 Å². The Labute approximate surface area is 128 Å². The lowest BCUT2D eigenvalue weighted by atomic mass is 9.68. The van der Waals surface area contributed by atoms with Gasteiger partial charge in [-0.1, -0.05) is 55.5 Å². The van der Waals surface area contributed by atoms with Gasteiger partial charge in [0.05, 0.1) is 0 Å². The van der Waals surface area contributed by atoms with Gasteiger partial charge in [-0.15, -0.1) is 0 Å². The Balaban J connectivity index is 1.81. The van der Waals surface area contributed by atoms with Crippen molar-refractivity contribution in [3.8, 4) is 0 Å². The summed E-state index contributed by atoms with van der Waals surface area (Å²) in [4.78, 5) is 0. The van der Waals surface area contributed by atoms with Gasteiger partial charge in [0, 0.05) is 0 Å². The Bertz CT molecular complexity index is 599. The summed E-state index contributed by atoms with van der Waals surface area (Å²) in [5.41, 5.74) is 12.3. The van der Waals surface area contributed by atoms with Crippen molar-refractivity contribution in [2.24, 2.45) is 11.1 Å². The van der Waals surface area contributed by atoms with Crippen LogP contribution in [0.5, 0.6) is 0 Å². The van der Waals surface area contributed by atoms with Crippen molar-refractivity contribution in [2.75, 3.05) is 6.54 Å². The van der Waals surface area contributed by atoms with E-state index in [0.29, 0.717) is 0 Å². The molecule has 110 valence electrons. The van der Waals surface area contributed by atoms with E-state index in [0.717, 1.165) is 25.8 Å². The normalized spacial score (nSPS) is 21.0. The minimum atomic E-state index is 0.238. The summed E-state index contributed by atoms with van der Waals surface area (Å²) in [6.07, 6.45) is 5.70. The van der Waals surface area contributed by atoms with Crippen LogP contribution in [0.2, 0.25) is 0 Å². The number of benzene rings is 2. The second-order valence-electron chi connectivity index (χ2n) is 6.50. The van der Waals surface area contributed by atoms with Crippen LogP contribution in [0.1, 0.15) is 35.6 Å². The molecule has 0 aromatic heterocycles. The Morgan fingerprint density at radius 3 is 2.29 bits per heavy atom. The molecule has 2 N–H and O–H groups in total. The predicted octanol–water partition coefficient (Wildman–Crippen LogP) is 3.93. The monoisotopic (exact) mass is 279 g/mol. The Hall–Kier alpha value is -1.60. The molecule has 0 heterocycles. The molecule has 1 atom stereocenters. The molecule has 0 saturated heterocycles. The van der Waals surface area contributed by atoms with Gasteiger partial charge in [-0.2, -0.15) is 0 Å². The van der Waals surface area contributed by atoms with E-state index in [2.05, 4.69) is 55.5 Å². The first-order valence-corrected chi connectivity index (χ1v) is 8.09. The molecule has 1 aliphatic rings. The molecule has 1 heteroatoms. The summed E-state index contributed by atoms with van der Waals surface area (Å²) in [6, 6.07) is 17.9. The highest BCUT2D eigenvalue weighted by atomic mass is 14.6. The highest BCUT2D eigenvalue weighted by molar-refractivity contribution is 5.32. The first-order valence-electron chi connectivity index (χ1n) is 8.09. The summed E-state index contributed by atoms with van der Waals surface area (Å²) in [7, 11) is 0. The molecular weight excluding hydrogens is 254 g/mol. The van der Waals surface area contributed by atoms with Gasteiger partial charge in [0.1, 0.15) is 0 Å². The number of hydrogen-bond donors (Lipinski definition) is 1. The quantitative estimate of drug-likeness (QED) is 0.901. The third kappa shape index (κ3) is 3.03. The van der Waals surface area contributed by atoms with Gasteiger partial charge in [-0.3, -0.25) is 0 Å². The maximum absolute atomic E-state index is 6.20. The van der Waals surface area contributed by atoms with Crippen molar-refractivity contribution in [1.29, 1.82) is 0 Å². The van der Waals surface area contributed by atoms with Crippen LogP contribution in [0.4, 0.5) is 0 Å². The fourth-order valence-corrected chi connectivity index (χ4v) is 3.59. The molecule has 1 nitrogen and oxygen atoms in total. The largest absolute Gasteiger partial charge is 0.330 e. The Kier molecular flexibility index (Phi) is 4.12. The van der Waals surface area contributed by atoms with Crippen molar-refractivity contribution < 1.29 is 0 Å². The van der Waals surface area contributed by atoms with Crippen LogP contribution in [0.15, 0.2) is 48.5 Å². The van der Waals surface area contributed by atoms with Crippen molar-refractivity contribution >= 4 is 0 Å².